The van der Waals surface area contributed by atoms with Crippen LogP contribution < -0.4 is 5.32 Å². The van der Waals surface area contributed by atoms with Crippen molar-refractivity contribution < 1.29 is 14.7 Å². The summed E-state index contributed by atoms with van der Waals surface area (Å²) in [5.41, 5.74) is 0.334. The van der Waals surface area contributed by atoms with Gasteiger partial charge in [0.05, 0.1) is 5.56 Å². The molecule has 0 radical (unpaired) electrons. The second-order valence-corrected chi connectivity index (χ2v) is 4.03. The molecule has 5 nitrogen and oxygen atoms in total. The predicted molar refractivity (Wildman–Crippen MR) is 56.2 cm³/mol. The van der Waals surface area contributed by atoms with Gasteiger partial charge in [-0.05, 0) is 24.5 Å². The number of aromatic carboxylic acids is 1. The van der Waals surface area contributed by atoms with E-state index < -0.39 is 5.97 Å². The van der Waals surface area contributed by atoms with Crippen LogP contribution in [0, 0.1) is 5.92 Å². The monoisotopic (exact) mass is 220 g/mol. The Morgan fingerprint density at radius 1 is 1.50 bits per heavy atom. The number of amides is 1. The van der Waals surface area contributed by atoms with E-state index in [1.807, 2.05) is 0 Å². The molecular weight excluding hydrogens is 208 g/mol. The van der Waals surface area contributed by atoms with Crippen molar-refractivity contribution >= 4 is 11.9 Å². The van der Waals surface area contributed by atoms with Gasteiger partial charge >= 0.3 is 5.97 Å². The van der Waals surface area contributed by atoms with Gasteiger partial charge in [-0.2, -0.15) is 0 Å². The van der Waals surface area contributed by atoms with Crippen molar-refractivity contribution in [3.05, 3.63) is 29.6 Å². The molecule has 84 valence electrons. The Balaban J connectivity index is 2.03. The van der Waals surface area contributed by atoms with Crippen molar-refractivity contribution in [2.24, 2.45) is 5.92 Å². The SMILES string of the molecule is CC1CC1NC(=O)c1ccc(C(=O)O)cn1. The van der Waals surface area contributed by atoms with E-state index in [4.69, 9.17) is 5.11 Å². The third-order valence-electron chi connectivity index (χ3n) is 2.67. The van der Waals surface area contributed by atoms with Crippen molar-refractivity contribution in [3.63, 3.8) is 0 Å². The molecule has 16 heavy (non-hydrogen) atoms. The lowest BCUT2D eigenvalue weighted by Crippen LogP contribution is -2.27. The van der Waals surface area contributed by atoms with Gasteiger partial charge in [-0.3, -0.25) is 9.78 Å². The Morgan fingerprint density at radius 2 is 2.19 bits per heavy atom. The largest absolute Gasteiger partial charge is 0.478 e. The number of hydrogen-bond donors (Lipinski definition) is 2. The molecule has 1 saturated carbocycles. The average molecular weight is 220 g/mol. The summed E-state index contributed by atoms with van der Waals surface area (Å²) in [7, 11) is 0. The molecule has 1 aromatic heterocycles. The third kappa shape index (κ3) is 2.18. The molecule has 0 aliphatic heterocycles. The van der Waals surface area contributed by atoms with Crippen LogP contribution in [-0.4, -0.2) is 28.0 Å². The first-order valence-corrected chi connectivity index (χ1v) is 5.08. The second-order valence-electron chi connectivity index (χ2n) is 4.03. The molecule has 2 rings (SSSR count). The number of pyridine rings is 1. The Morgan fingerprint density at radius 3 is 2.62 bits per heavy atom. The molecular formula is C11H12N2O3. The summed E-state index contributed by atoms with van der Waals surface area (Å²) in [4.78, 5) is 26.0. The Kier molecular flexibility index (Phi) is 2.60. The Hall–Kier alpha value is -1.91. The quantitative estimate of drug-likeness (QED) is 0.793. The van der Waals surface area contributed by atoms with Crippen LogP contribution >= 0.6 is 0 Å². The fraction of sp³-hybridized carbons (Fsp3) is 0.364. The molecule has 1 heterocycles. The zero-order valence-electron chi connectivity index (χ0n) is 8.80. The lowest BCUT2D eigenvalue weighted by atomic mass is 10.2. The fourth-order valence-electron chi connectivity index (χ4n) is 1.42. The van der Waals surface area contributed by atoms with E-state index in [1.54, 1.807) is 0 Å². The molecule has 1 aromatic rings. The minimum atomic E-state index is -1.05. The first kappa shape index (κ1) is 10.6. The van der Waals surface area contributed by atoms with E-state index in [2.05, 4.69) is 17.2 Å². The lowest BCUT2D eigenvalue weighted by Gasteiger charge is -2.02. The number of carbonyl (C=O) groups is 2. The van der Waals surface area contributed by atoms with E-state index in [0.717, 1.165) is 6.42 Å². The summed E-state index contributed by atoms with van der Waals surface area (Å²) >= 11 is 0. The maximum atomic E-state index is 11.6. The molecule has 1 amide bonds. The van der Waals surface area contributed by atoms with Crippen LogP contribution in [0.3, 0.4) is 0 Å². The van der Waals surface area contributed by atoms with Gasteiger partial charge in [0.25, 0.3) is 5.91 Å². The number of carboxylic acids is 1. The summed E-state index contributed by atoms with van der Waals surface area (Å²) in [5, 5.41) is 11.5. The molecule has 0 bridgehead atoms. The summed E-state index contributed by atoms with van der Waals surface area (Å²) in [6.45, 7) is 2.06. The highest BCUT2D eigenvalue weighted by Crippen LogP contribution is 2.29. The molecule has 0 saturated heterocycles. The van der Waals surface area contributed by atoms with Gasteiger partial charge in [-0.15, -0.1) is 0 Å². The van der Waals surface area contributed by atoms with Gasteiger partial charge in [0, 0.05) is 12.2 Å². The highest BCUT2D eigenvalue weighted by molar-refractivity contribution is 5.94. The van der Waals surface area contributed by atoms with Crippen LogP contribution in [0.5, 0.6) is 0 Å². The molecule has 2 atom stereocenters. The molecule has 0 aromatic carbocycles. The van der Waals surface area contributed by atoms with Crippen LogP contribution in [0.4, 0.5) is 0 Å². The fourth-order valence-corrected chi connectivity index (χ4v) is 1.42. The van der Waals surface area contributed by atoms with Crippen LogP contribution in [0.1, 0.15) is 34.2 Å². The van der Waals surface area contributed by atoms with E-state index in [-0.39, 0.29) is 23.2 Å². The highest BCUT2D eigenvalue weighted by Gasteiger charge is 2.34. The maximum absolute atomic E-state index is 11.6. The molecule has 0 spiro atoms. The maximum Gasteiger partial charge on any atom is 0.337 e. The van der Waals surface area contributed by atoms with Crippen molar-refractivity contribution in [3.8, 4) is 0 Å². The number of nitrogens with zero attached hydrogens (tertiary/aromatic N) is 1. The number of nitrogens with one attached hydrogen (secondary N) is 1. The van der Waals surface area contributed by atoms with Crippen molar-refractivity contribution in [2.75, 3.05) is 0 Å². The summed E-state index contributed by atoms with van der Waals surface area (Å²) in [6, 6.07) is 3.04. The first-order valence-electron chi connectivity index (χ1n) is 5.08. The first-order chi connectivity index (χ1) is 7.58. The molecule has 1 aliphatic rings. The molecule has 2 unspecified atom stereocenters. The van der Waals surface area contributed by atoms with E-state index in [1.165, 1.54) is 18.3 Å². The number of hydrogen-bond acceptors (Lipinski definition) is 3. The lowest BCUT2D eigenvalue weighted by molar-refractivity contribution is 0.0695. The summed E-state index contributed by atoms with van der Waals surface area (Å²) in [6.07, 6.45) is 2.19. The predicted octanol–water partition coefficient (Wildman–Crippen LogP) is 0.918. The Labute approximate surface area is 92.5 Å². The number of rotatable bonds is 3. The van der Waals surface area contributed by atoms with Crippen molar-refractivity contribution in [2.45, 2.75) is 19.4 Å². The van der Waals surface area contributed by atoms with Gasteiger partial charge in [-0.1, -0.05) is 6.92 Å². The van der Waals surface area contributed by atoms with E-state index in [0.29, 0.717) is 5.92 Å². The van der Waals surface area contributed by atoms with Gasteiger partial charge < -0.3 is 10.4 Å². The summed E-state index contributed by atoms with van der Waals surface area (Å²) in [5.74, 6) is -0.760. The molecule has 1 fully saturated rings. The van der Waals surface area contributed by atoms with Gasteiger partial charge in [0.2, 0.25) is 0 Å². The van der Waals surface area contributed by atoms with Crippen LogP contribution in [0.2, 0.25) is 0 Å². The standard InChI is InChI=1S/C11H12N2O3/c1-6-4-9(6)13-10(14)8-3-2-7(5-12-8)11(15)16/h2-3,5-6,9H,4H2,1H3,(H,13,14)(H,15,16). The van der Waals surface area contributed by atoms with Gasteiger partial charge in [0.15, 0.2) is 0 Å². The normalized spacial score (nSPS) is 22.6. The zero-order valence-corrected chi connectivity index (χ0v) is 8.80. The van der Waals surface area contributed by atoms with E-state index >= 15 is 0 Å². The summed E-state index contributed by atoms with van der Waals surface area (Å²) < 4.78 is 0. The molecule has 2 N–H and O–H groups in total. The average Bonchev–Trinajstić information content (AvgIpc) is 2.94. The van der Waals surface area contributed by atoms with Gasteiger partial charge in [-0.25, -0.2) is 4.79 Å². The second kappa shape index (κ2) is 3.92. The number of carboxylic acid groups (broad SMARTS) is 1. The third-order valence-corrected chi connectivity index (χ3v) is 2.67. The minimum absolute atomic E-state index is 0.0799. The molecule has 5 heteroatoms. The van der Waals surface area contributed by atoms with Crippen LogP contribution in [0.25, 0.3) is 0 Å². The topological polar surface area (TPSA) is 79.3 Å². The number of carbonyl (C=O) groups excluding carboxylic acids is 1. The van der Waals surface area contributed by atoms with Crippen LogP contribution in [-0.2, 0) is 0 Å². The molecule has 1 aliphatic carbocycles. The highest BCUT2D eigenvalue weighted by atomic mass is 16.4. The van der Waals surface area contributed by atoms with Gasteiger partial charge in [0.1, 0.15) is 5.69 Å². The van der Waals surface area contributed by atoms with Crippen molar-refractivity contribution in [1.82, 2.24) is 10.3 Å². The zero-order chi connectivity index (χ0) is 11.7. The number of aromatic nitrogens is 1. The van der Waals surface area contributed by atoms with E-state index in [9.17, 15) is 9.59 Å². The Bertz CT molecular complexity index is 427. The van der Waals surface area contributed by atoms with Crippen LogP contribution in [0.15, 0.2) is 18.3 Å². The smallest absolute Gasteiger partial charge is 0.337 e. The minimum Gasteiger partial charge on any atom is -0.478 e. The van der Waals surface area contributed by atoms with Crippen molar-refractivity contribution in [1.29, 1.82) is 0 Å².